The molecule has 0 spiro atoms. The summed E-state index contributed by atoms with van der Waals surface area (Å²) in [4.78, 5) is 1.89. The third kappa shape index (κ3) is 3.29. The summed E-state index contributed by atoms with van der Waals surface area (Å²) in [5, 5.41) is 10.2. The molecule has 4 heteroatoms. The average molecular weight is 229 g/mol. The van der Waals surface area contributed by atoms with Crippen LogP contribution in [0.4, 0.5) is 11.4 Å². The maximum atomic E-state index is 9.69. The zero-order valence-electron chi connectivity index (χ0n) is 9.29. The summed E-state index contributed by atoms with van der Waals surface area (Å²) < 4.78 is 0. The largest absolute Gasteiger partial charge is 0.396 e. The van der Waals surface area contributed by atoms with Gasteiger partial charge in [0, 0.05) is 13.6 Å². The van der Waals surface area contributed by atoms with Gasteiger partial charge in [0.15, 0.2) is 0 Å². The molecule has 3 N–H and O–H groups in total. The van der Waals surface area contributed by atoms with E-state index in [1.54, 1.807) is 19.9 Å². The summed E-state index contributed by atoms with van der Waals surface area (Å²) in [5.41, 5.74) is 6.47. The van der Waals surface area contributed by atoms with Crippen LogP contribution in [-0.4, -0.2) is 24.3 Å². The van der Waals surface area contributed by atoms with E-state index in [9.17, 15) is 5.11 Å². The van der Waals surface area contributed by atoms with Gasteiger partial charge in [0.25, 0.3) is 0 Å². The van der Waals surface area contributed by atoms with Gasteiger partial charge < -0.3 is 15.7 Å². The van der Waals surface area contributed by atoms with Crippen molar-refractivity contribution in [3.05, 3.63) is 23.2 Å². The van der Waals surface area contributed by atoms with Crippen LogP contribution < -0.4 is 10.6 Å². The highest BCUT2D eigenvalue weighted by Gasteiger charge is 2.17. The monoisotopic (exact) mass is 228 g/mol. The van der Waals surface area contributed by atoms with Crippen LogP contribution in [0, 0.1) is 0 Å². The minimum Gasteiger partial charge on any atom is -0.396 e. The van der Waals surface area contributed by atoms with Gasteiger partial charge >= 0.3 is 0 Å². The Morgan fingerprint density at radius 3 is 2.60 bits per heavy atom. The number of anilines is 2. The first-order chi connectivity index (χ1) is 6.81. The molecule has 0 aromatic heterocycles. The van der Waals surface area contributed by atoms with E-state index in [1.807, 2.05) is 24.1 Å². The van der Waals surface area contributed by atoms with Crippen molar-refractivity contribution in [2.75, 3.05) is 24.2 Å². The molecule has 15 heavy (non-hydrogen) atoms. The maximum Gasteiger partial charge on any atom is 0.0765 e. The van der Waals surface area contributed by atoms with Crippen LogP contribution in [0.1, 0.15) is 13.8 Å². The highest BCUT2D eigenvalue weighted by molar-refractivity contribution is 6.33. The Bertz CT molecular complexity index is 347. The SMILES string of the molecule is CN(CC(C)(C)O)c1cccc(Cl)c1N. The van der Waals surface area contributed by atoms with Crippen molar-refractivity contribution in [1.82, 2.24) is 0 Å². The highest BCUT2D eigenvalue weighted by Crippen LogP contribution is 2.29. The number of nitrogens with two attached hydrogens (primary N) is 1. The molecular weight excluding hydrogens is 212 g/mol. The van der Waals surface area contributed by atoms with E-state index in [0.29, 0.717) is 17.3 Å². The second kappa shape index (κ2) is 4.29. The smallest absolute Gasteiger partial charge is 0.0765 e. The Kier molecular flexibility index (Phi) is 3.47. The van der Waals surface area contributed by atoms with Gasteiger partial charge in [0.1, 0.15) is 0 Å². The minimum atomic E-state index is -0.760. The predicted molar refractivity (Wildman–Crippen MR) is 65.4 cm³/mol. The normalized spacial score (nSPS) is 11.5. The fraction of sp³-hybridized carbons (Fsp3) is 0.455. The van der Waals surface area contributed by atoms with Crippen LogP contribution in [0.2, 0.25) is 5.02 Å². The molecule has 0 saturated carbocycles. The number of hydrogen-bond donors (Lipinski definition) is 2. The number of hydrogen-bond acceptors (Lipinski definition) is 3. The molecule has 1 aromatic rings. The molecule has 0 fully saturated rings. The van der Waals surface area contributed by atoms with Gasteiger partial charge in [0.05, 0.1) is 22.0 Å². The zero-order valence-corrected chi connectivity index (χ0v) is 10.0. The molecule has 0 aliphatic carbocycles. The Hall–Kier alpha value is -0.930. The van der Waals surface area contributed by atoms with Gasteiger partial charge in [-0.15, -0.1) is 0 Å². The summed E-state index contributed by atoms with van der Waals surface area (Å²) in [6.45, 7) is 4.01. The molecule has 1 aromatic carbocycles. The number of aliphatic hydroxyl groups is 1. The van der Waals surface area contributed by atoms with E-state index in [4.69, 9.17) is 17.3 Å². The number of nitrogens with zero attached hydrogens (tertiary/aromatic N) is 1. The fourth-order valence-electron chi connectivity index (χ4n) is 1.52. The standard InChI is InChI=1S/C11H17ClN2O/c1-11(2,15)7-14(3)9-6-4-5-8(12)10(9)13/h4-6,15H,7,13H2,1-3H3. The maximum absolute atomic E-state index is 9.69. The van der Waals surface area contributed by atoms with E-state index in [-0.39, 0.29) is 0 Å². The number of benzene rings is 1. The lowest BCUT2D eigenvalue weighted by Crippen LogP contribution is -2.36. The van der Waals surface area contributed by atoms with Crippen molar-refractivity contribution in [3.63, 3.8) is 0 Å². The van der Waals surface area contributed by atoms with Crippen LogP contribution in [0.5, 0.6) is 0 Å². The highest BCUT2D eigenvalue weighted by atomic mass is 35.5. The topological polar surface area (TPSA) is 49.5 Å². The minimum absolute atomic E-state index is 0.498. The van der Waals surface area contributed by atoms with Crippen molar-refractivity contribution in [2.24, 2.45) is 0 Å². The van der Waals surface area contributed by atoms with Gasteiger partial charge in [-0.05, 0) is 26.0 Å². The molecule has 0 bridgehead atoms. The van der Waals surface area contributed by atoms with Gasteiger partial charge in [-0.3, -0.25) is 0 Å². The quantitative estimate of drug-likeness (QED) is 0.780. The summed E-state index contributed by atoms with van der Waals surface area (Å²) in [6, 6.07) is 5.47. The number of para-hydroxylation sites is 1. The van der Waals surface area contributed by atoms with Crippen LogP contribution in [-0.2, 0) is 0 Å². The van der Waals surface area contributed by atoms with Crippen molar-refractivity contribution in [1.29, 1.82) is 0 Å². The molecule has 0 unspecified atom stereocenters. The zero-order chi connectivity index (χ0) is 11.6. The molecule has 3 nitrogen and oxygen atoms in total. The van der Waals surface area contributed by atoms with E-state index >= 15 is 0 Å². The van der Waals surface area contributed by atoms with Crippen LogP contribution in [0.3, 0.4) is 0 Å². The third-order valence-electron chi connectivity index (χ3n) is 2.07. The molecule has 0 aliphatic rings. The van der Waals surface area contributed by atoms with E-state index in [1.165, 1.54) is 0 Å². The molecule has 0 saturated heterocycles. The summed E-state index contributed by atoms with van der Waals surface area (Å²) >= 11 is 5.91. The molecule has 84 valence electrons. The Morgan fingerprint density at radius 1 is 1.47 bits per heavy atom. The molecule has 0 aliphatic heterocycles. The van der Waals surface area contributed by atoms with Crippen LogP contribution in [0.15, 0.2) is 18.2 Å². The Labute approximate surface area is 95.5 Å². The van der Waals surface area contributed by atoms with Gasteiger partial charge in [0.2, 0.25) is 0 Å². The first kappa shape index (κ1) is 12.1. The van der Waals surface area contributed by atoms with Gasteiger partial charge in [-0.2, -0.15) is 0 Å². The van der Waals surface area contributed by atoms with Crippen molar-refractivity contribution >= 4 is 23.0 Å². The first-order valence-corrected chi connectivity index (χ1v) is 5.16. The van der Waals surface area contributed by atoms with Crippen molar-refractivity contribution in [2.45, 2.75) is 19.4 Å². The van der Waals surface area contributed by atoms with Crippen molar-refractivity contribution in [3.8, 4) is 0 Å². The van der Waals surface area contributed by atoms with Gasteiger partial charge in [-0.25, -0.2) is 0 Å². The van der Waals surface area contributed by atoms with E-state index in [2.05, 4.69) is 0 Å². The van der Waals surface area contributed by atoms with Gasteiger partial charge in [-0.1, -0.05) is 17.7 Å². The van der Waals surface area contributed by atoms with Crippen molar-refractivity contribution < 1.29 is 5.11 Å². The first-order valence-electron chi connectivity index (χ1n) is 4.79. The molecule has 0 amide bonds. The van der Waals surface area contributed by atoms with E-state index in [0.717, 1.165) is 5.69 Å². The second-order valence-corrected chi connectivity index (χ2v) is 4.75. The Balaban J connectivity index is 2.92. The predicted octanol–water partition coefficient (Wildman–Crippen LogP) is 2.13. The number of rotatable bonds is 3. The van der Waals surface area contributed by atoms with Crippen LogP contribution in [0.25, 0.3) is 0 Å². The summed E-state index contributed by atoms with van der Waals surface area (Å²) in [5.74, 6) is 0. The molecule has 0 atom stereocenters. The Morgan fingerprint density at radius 2 is 2.07 bits per heavy atom. The molecule has 1 rings (SSSR count). The average Bonchev–Trinajstić information content (AvgIpc) is 2.06. The number of halogens is 1. The van der Waals surface area contributed by atoms with Crippen LogP contribution >= 0.6 is 11.6 Å². The van der Waals surface area contributed by atoms with E-state index < -0.39 is 5.60 Å². The number of likely N-dealkylation sites (N-methyl/N-ethyl adjacent to an activating group) is 1. The lowest BCUT2D eigenvalue weighted by Gasteiger charge is -2.28. The number of nitrogen functional groups attached to an aromatic ring is 1. The summed E-state index contributed by atoms with van der Waals surface area (Å²) in [6.07, 6.45) is 0. The lowest BCUT2D eigenvalue weighted by atomic mass is 10.1. The fourth-order valence-corrected chi connectivity index (χ4v) is 1.69. The summed E-state index contributed by atoms with van der Waals surface area (Å²) in [7, 11) is 1.87. The molecular formula is C11H17ClN2O. The third-order valence-corrected chi connectivity index (χ3v) is 2.39. The lowest BCUT2D eigenvalue weighted by molar-refractivity contribution is 0.0886. The molecule has 0 radical (unpaired) electrons. The second-order valence-electron chi connectivity index (χ2n) is 4.34. The molecule has 0 heterocycles.